The van der Waals surface area contributed by atoms with Gasteiger partial charge in [-0.25, -0.2) is 8.78 Å². The van der Waals surface area contributed by atoms with Gasteiger partial charge in [-0.2, -0.15) is 0 Å². The van der Waals surface area contributed by atoms with E-state index >= 15 is 0 Å². The monoisotopic (exact) mass is 305 g/mol. The summed E-state index contributed by atoms with van der Waals surface area (Å²) in [5, 5.41) is 2.39. The summed E-state index contributed by atoms with van der Waals surface area (Å²) in [6, 6.07) is 8.64. The van der Waals surface area contributed by atoms with E-state index in [0.717, 1.165) is 17.2 Å². The molecule has 2 rings (SSSR count). The molecule has 0 saturated heterocycles. The third-order valence-corrected chi connectivity index (χ3v) is 3.21. The average molecular weight is 305 g/mol. The van der Waals surface area contributed by atoms with E-state index in [0.29, 0.717) is 11.8 Å². The lowest BCUT2D eigenvalue weighted by Gasteiger charge is -2.17. The highest BCUT2D eigenvalue weighted by atomic mass is 19.1. The smallest absolute Gasteiger partial charge is 0.265 e. The molecule has 0 spiro atoms. The topological polar surface area (TPSA) is 38.3 Å². The molecule has 0 heterocycles. The van der Waals surface area contributed by atoms with Crippen molar-refractivity contribution in [2.45, 2.75) is 26.9 Å². The number of aryl methyl sites for hydroxylation is 2. The van der Waals surface area contributed by atoms with Crippen LogP contribution < -0.4 is 10.1 Å². The Bertz CT molecular complexity index is 701. The molecule has 1 N–H and O–H groups in total. The summed E-state index contributed by atoms with van der Waals surface area (Å²) < 4.78 is 32.0. The number of ether oxygens (including phenoxy) is 1. The van der Waals surface area contributed by atoms with Gasteiger partial charge in [0, 0.05) is 6.07 Å². The van der Waals surface area contributed by atoms with Crippen LogP contribution in [-0.2, 0) is 4.79 Å². The Morgan fingerprint density at radius 1 is 1.14 bits per heavy atom. The lowest BCUT2D eigenvalue weighted by molar-refractivity contribution is -0.122. The summed E-state index contributed by atoms with van der Waals surface area (Å²) in [4.78, 5) is 12.1. The third kappa shape index (κ3) is 3.81. The SMILES string of the molecule is Cc1ccc(C)c(OC(C)C(=O)Nc2ccc(F)cc2F)c1. The van der Waals surface area contributed by atoms with Gasteiger partial charge in [-0.15, -0.1) is 0 Å². The molecule has 22 heavy (non-hydrogen) atoms. The van der Waals surface area contributed by atoms with Gasteiger partial charge in [-0.3, -0.25) is 4.79 Å². The summed E-state index contributed by atoms with van der Waals surface area (Å²) in [6.45, 7) is 5.36. The van der Waals surface area contributed by atoms with Crippen molar-refractivity contribution in [2.75, 3.05) is 5.32 Å². The molecular formula is C17H17F2NO2. The van der Waals surface area contributed by atoms with Crippen LogP contribution in [0.2, 0.25) is 0 Å². The maximum absolute atomic E-state index is 13.5. The molecule has 116 valence electrons. The first-order valence-electron chi connectivity index (χ1n) is 6.86. The first kappa shape index (κ1) is 15.9. The van der Waals surface area contributed by atoms with Crippen molar-refractivity contribution >= 4 is 11.6 Å². The zero-order valence-electron chi connectivity index (χ0n) is 12.6. The number of carbonyl (C=O) groups is 1. The van der Waals surface area contributed by atoms with E-state index in [2.05, 4.69) is 5.32 Å². The normalized spacial score (nSPS) is 11.9. The number of carbonyl (C=O) groups excluding carboxylic acids is 1. The third-order valence-electron chi connectivity index (χ3n) is 3.21. The molecule has 0 fully saturated rings. The number of benzene rings is 2. The van der Waals surface area contributed by atoms with E-state index in [1.807, 2.05) is 32.0 Å². The molecule has 3 nitrogen and oxygen atoms in total. The van der Waals surface area contributed by atoms with Crippen molar-refractivity contribution in [1.82, 2.24) is 0 Å². The van der Waals surface area contributed by atoms with E-state index in [1.54, 1.807) is 6.92 Å². The molecule has 1 atom stereocenters. The minimum absolute atomic E-state index is 0.0807. The van der Waals surface area contributed by atoms with Gasteiger partial charge < -0.3 is 10.1 Å². The number of halogens is 2. The van der Waals surface area contributed by atoms with Crippen molar-refractivity contribution in [3.8, 4) is 5.75 Å². The van der Waals surface area contributed by atoms with Crippen LogP contribution >= 0.6 is 0 Å². The Morgan fingerprint density at radius 2 is 1.86 bits per heavy atom. The van der Waals surface area contributed by atoms with Gasteiger partial charge in [-0.05, 0) is 50.1 Å². The van der Waals surface area contributed by atoms with Gasteiger partial charge in [0.1, 0.15) is 17.4 Å². The van der Waals surface area contributed by atoms with E-state index in [-0.39, 0.29) is 5.69 Å². The second kappa shape index (κ2) is 6.56. The number of hydrogen-bond donors (Lipinski definition) is 1. The molecule has 0 radical (unpaired) electrons. The summed E-state index contributed by atoms with van der Waals surface area (Å²) in [7, 11) is 0. The van der Waals surface area contributed by atoms with Crippen molar-refractivity contribution in [3.63, 3.8) is 0 Å². The summed E-state index contributed by atoms with van der Waals surface area (Å²) in [6.07, 6.45) is -0.815. The van der Waals surface area contributed by atoms with Crippen molar-refractivity contribution in [1.29, 1.82) is 0 Å². The Kier molecular flexibility index (Phi) is 4.75. The zero-order valence-corrected chi connectivity index (χ0v) is 12.6. The Morgan fingerprint density at radius 3 is 2.55 bits per heavy atom. The molecule has 5 heteroatoms. The summed E-state index contributed by atoms with van der Waals surface area (Å²) >= 11 is 0. The highest BCUT2D eigenvalue weighted by Crippen LogP contribution is 2.21. The van der Waals surface area contributed by atoms with Crippen molar-refractivity contribution < 1.29 is 18.3 Å². The zero-order chi connectivity index (χ0) is 16.3. The lowest BCUT2D eigenvalue weighted by atomic mass is 10.1. The molecule has 0 bridgehead atoms. The van der Waals surface area contributed by atoms with Crippen molar-refractivity contribution in [2.24, 2.45) is 0 Å². The fourth-order valence-electron chi connectivity index (χ4n) is 1.90. The minimum Gasteiger partial charge on any atom is -0.481 e. The van der Waals surface area contributed by atoms with Crippen LogP contribution in [0.4, 0.5) is 14.5 Å². The number of nitrogens with one attached hydrogen (secondary N) is 1. The molecule has 0 saturated carbocycles. The summed E-state index contributed by atoms with van der Waals surface area (Å²) in [5.41, 5.74) is 1.83. The first-order chi connectivity index (χ1) is 10.4. The second-order valence-corrected chi connectivity index (χ2v) is 5.14. The molecule has 0 aliphatic rings. The molecule has 1 amide bonds. The summed E-state index contributed by atoms with van der Waals surface area (Å²) in [5.74, 6) is -1.43. The quantitative estimate of drug-likeness (QED) is 0.927. The highest BCUT2D eigenvalue weighted by molar-refractivity contribution is 5.94. The Hall–Kier alpha value is -2.43. The van der Waals surface area contributed by atoms with E-state index in [4.69, 9.17) is 4.74 Å². The van der Waals surface area contributed by atoms with Gasteiger partial charge in [0.15, 0.2) is 6.10 Å². The molecule has 0 aliphatic carbocycles. The fourth-order valence-corrected chi connectivity index (χ4v) is 1.90. The minimum atomic E-state index is -0.827. The molecular weight excluding hydrogens is 288 g/mol. The molecule has 2 aromatic carbocycles. The van der Waals surface area contributed by atoms with Gasteiger partial charge in [0.05, 0.1) is 5.69 Å². The van der Waals surface area contributed by atoms with Crippen LogP contribution in [0.1, 0.15) is 18.1 Å². The number of hydrogen-bond acceptors (Lipinski definition) is 2. The maximum atomic E-state index is 13.5. The number of rotatable bonds is 4. The van der Waals surface area contributed by atoms with E-state index in [1.165, 1.54) is 6.07 Å². The fraction of sp³-hybridized carbons (Fsp3) is 0.235. The average Bonchev–Trinajstić information content (AvgIpc) is 2.45. The molecule has 0 aromatic heterocycles. The predicted octanol–water partition coefficient (Wildman–Crippen LogP) is 3.99. The predicted molar refractivity (Wildman–Crippen MR) is 81.0 cm³/mol. The molecule has 1 unspecified atom stereocenters. The van der Waals surface area contributed by atoms with E-state index in [9.17, 15) is 13.6 Å². The van der Waals surface area contributed by atoms with Gasteiger partial charge in [-0.1, -0.05) is 12.1 Å². The highest BCUT2D eigenvalue weighted by Gasteiger charge is 2.17. The first-order valence-corrected chi connectivity index (χ1v) is 6.86. The second-order valence-electron chi connectivity index (χ2n) is 5.14. The van der Waals surface area contributed by atoms with Crippen LogP contribution in [0.15, 0.2) is 36.4 Å². The van der Waals surface area contributed by atoms with E-state index < -0.39 is 23.6 Å². The van der Waals surface area contributed by atoms with Crippen LogP contribution in [0.3, 0.4) is 0 Å². The van der Waals surface area contributed by atoms with Gasteiger partial charge in [0.25, 0.3) is 5.91 Å². The van der Waals surface area contributed by atoms with Crippen molar-refractivity contribution in [3.05, 3.63) is 59.2 Å². The number of anilines is 1. The van der Waals surface area contributed by atoms with Crippen LogP contribution in [-0.4, -0.2) is 12.0 Å². The molecule has 0 aliphatic heterocycles. The lowest BCUT2D eigenvalue weighted by Crippen LogP contribution is -2.30. The van der Waals surface area contributed by atoms with Crippen LogP contribution in [0.5, 0.6) is 5.75 Å². The molecule has 2 aromatic rings. The Balaban J connectivity index is 2.07. The van der Waals surface area contributed by atoms with Gasteiger partial charge in [0.2, 0.25) is 0 Å². The maximum Gasteiger partial charge on any atom is 0.265 e. The standard InChI is InChI=1S/C17H17F2NO2/c1-10-4-5-11(2)16(8-10)22-12(3)17(21)20-15-7-6-13(18)9-14(15)19/h4-9,12H,1-3H3,(H,20,21). The Labute approximate surface area is 127 Å². The largest absolute Gasteiger partial charge is 0.481 e. The number of amides is 1. The van der Waals surface area contributed by atoms with Gasteiger partial charge >= 0.3 is 0 Å². The van der Waals surface area contributed by atoms with Crippen LogP contribution in [0.25, 0.3) is 0 Å². The van der Waals surface area contributed by atoms with Crippen LogP contribution in [0, 0.1) is 25.5 Å².